The van der Waals surface area contributed by atoms with Gasteiger partial charge in [0.2, 0.25) is 0 Å². The average Bonchev–Trinajstić information content (AvgIpc) is 2.45. The van der Waals surface area contributed by atoms with Gasteiger partial charge in [-0.15, -0.1) is 13.2 Å². The van der Waals surface area contributed by atoms with Crippen LogP contribution in [0.1, 0.15) is 10.4 Å². The number of nitrogens with zero attached hydrogens (tertiary/aromatic N) is 1. The van der Waals surface area contributed by atoms with Crippen molar-refractivity contribution in [2.45, 2.75) is 6.36 Å². The number of carbonyl (C=O) groups is 1. The van der Waals surface area contributed by atoms with E-state index in [1.165, 1.54) is 31.4 Å². The summed E-state index contributed by atoms with van der Waals surface area (Å²) in [7, 11) is 1.21. The van der Waals surface area contributed by atoms with Crippen LogP contribution in [0.5, 0.6) is 5.75 Å². The lowest BCUT2D eigenvalue weighted by Crippen LogP contribution is -2.17. The molecule has 0 spiro atoms. The van der Waals surface area contributed by atoms with E-state index in [4.69, 9.17) is 11.6 Å². The summed E-state index contributed by atoms with van der Waals surface area (Å²) < 4.78 is 44.8. The smallest absolute Gasteiger partial charge is 0.465 e. The number of carbonyl (C=O) groups excluding carboxylic acids is 1. The first kappa shape index (κ1) is 16.1. The molecule has 22 heavy (non-hydrogen) atoms. The lowest BCUT2D eigenvalue weighted by Gasteiger charge is -2.10. The summed E-state index contributed by atoms with van der Waals surface area (Å²) in [5.41, 5.74) is 0.756. The summed E-state index contributed by atoms with van der Waals surface area (Å²) in [5, 5.41) is 0.137. The van der Waals surface area contributed by atoms with Gasteiger partial charge in [0.25, 0.3) is 0 Å². The summed E-state index contributed by atoms with van der Waals surface area (Å²) in [5.74, 6) is -1.01. The fourth-order valence-electron chi connectivity index (χ4n) is 1.74. The Hall–Kier alpha value is -2.28. The van der Waals surface area contributed by atoms with E-state index in [0.717, 1.165) is 12.1 Å². The molecule has 0 fully saturated rings. The van der Waals surface area contributed by atoms with Crippen molar-refractivity contribution in [3.05, 3.63) is 47.1 Å². The van der Waals surface area contributed by atoms with Gasteiger partial charge in [0.05, 0.1) is 18.4 Å². The minimum atomic E-state index is -4.77. The number of alkyl halides is 3. The van der Waals surface area contributed by atoms with Crippen LogP contribution >= 0.6 is 11.6 Å². The van der Waals surface area contributed by atoms with Crippen LogP contribution in [0.3, 0.4) is 0 Å². The maximum atomic E-state index is 12.1. The molecule has 8 heteroatoms. The Kier molecular flexibility index (Phi) is 4.56. The quantitative estimate of drug-likeness (QED) is 0.628. The maximum Gasteiger partial charge on any atom is 0.573 e. The van der Waals surface area contributed by atoms with Crippen molar-refractivity contribution >= 4 is 17.6 Å². The third-order valence-electron chi connectivity index (χ3n) is 2.63. The topological polar surface area (TPSA) is 48.4 Å². The molecular weight excluding hydrogens is 323 g/mol. The van der Waals surface area contributed by atoms with Crippen LogP contribution in [0.15, 0.2) is 36.4 Å². The molecule has 0 aliphatic rings. The predicted octanol–water partition coefficient (Wildman–Crippen LogP) is 4.09. The van der Waals surface area contributed by atoms with Gasteiger partial charge in [-0.25, -0.2) is 9.78 Å². The zero-order chi connectivity index (χ0) is 16.3. The van der Waals surface area contributed by atoms with Crippen molar-refractivity contribution in [3.8, 4) is 17.0 Å². The van der Waals surface area contributed by atoms with E-state index in [2.05, 4.69) is 14.5 Å². The summed E-state index contributed by atoms with van der Waals surface area (Å²) in [4.78, 5) is 15.7. The summed E-state index contributed by atoms with van der Waals surface area (Å²) in [6.07, 6.45) is -4.77. The minimum Gasteiger partial charge on any atom is -0.465 e. The standard InChI is InChI=1S/C14H9ClF3NO3/c1-21-13(20)10-6-7-11(15)19-12(10)8-2-4-9(5-3-8)22-14(16,17)18/h2-7H,1H3. The molecule has 2 rings (SSSR count). The van der Waals surface area contributed by atoms with Crippen molar-refractivity contribution in [3.63, 3.8) is 0 Å². The molecule has 0 amide bonds. The summed E-state index contributed by atoms with van der Waals surface area (Å²) >= 11 is 5.80. The van der Waals surface area contributed by atoms with Crippen LogP contribution in [0.25, 0.3) is 11.3 Å². The molecule has 0 bridgehead atoms. The minimum absolute atomic E-state index is 0.137. The number of rotatable bonds is 3. The highest BCUT2D eigenvalue weighted by atomic mass is 35.5. The van der Waals surface area contributed by atoms with Gasteiger partial charge < -0.3 is 9.47 Å². The number of ether oxygens (including phenoxy) is 2. The van der Waals surface area contributed by atoms with Crippen molar-refractivity contribution in [1.82, 2.24) is 4.98 Å². The number of esters is 1. The fraction of sp³-hybridized carbons (Fsp3) is 0.143. The Balaban J connectivity index is 2.39. The van der Waals surface area contributed by atoms with Gasteiger partial charge in [-0.1, -0.05) is 11.6 Å². The third-order valence-corrected chi connectivity index (χ3v) is 2.84. The average molecular weight is 332 g/mol. The summed E-state index contributed by atoms with van der Waals surface area (Å²) in [6, 6.07) is 7.76. The molecule has 4 nitrogen and oxygen atoms in total. The predicted molar refractivity (Wildman–Crippen MR) is 72.7 cm³/mol. The zero-order valence-electron chi connectivity index (χ0n) is 11.1. The number of methoxy groups -OCH3 is 1. The van der Waals surface area contributed by atoms with Crippen molar-refractivity contribution in [1.29, 1.82) is 0 Å². The number of hydrogen-bond donors (Lipinski definition) is 0. The Bertz CT molecular complexity index is 687. The SMILES string of the molecule is COC(=O)c1ccc(Cl)nc1-c1ccc(OC(F)(F)F)cc1. The van der Waals surface area contributed by atoms with E-state index in [-0.39, 0.29) is 22.2 Å². The molecule has 0 N–H and O–H groups in total. The van der Waals surface area contributed by atoms with Gasteiger partial charge in [-0.2, -0.15) is 0 Å². The zero-order valence-corrected chi connectivity index (χ0v) is 11.9. The highest BCUT2D eigenvalue weighted by Gasteiger charge is 2.31. The number of halogens is 4. The van der Waals surface area contributed by atoms with E-state index in [9.17, 15) is 18.0 Å². The Morgan fingerprint density at radius 1 is 1.14 bits per heavy atom. The van der Waals surface area contributed by atoms with Gasteiger partial charge in [0, 0.05) is 5.56 Å². The van der Waals surface area contributed by atoms with E-state index in [1.54, 1.807) is 0 Å². The van der Waals surface area contributed by atoms with E-state index < -0.39 is 12.3 Å². The number of hydrogen-bond acceptors (Lipinski definition) is 4. The van der Waals surface area contributed by atoms with Gasteiger partial charge >= 0.3 is 12.3 Å². The Morgan fingerprint density at radius 3 is 2.32 bits per heavy atom. The molecule has 2 aromatic rings. The van der Waals surface area contributed by atoms with Crippen molar-refractivity contribution < 1.29 is 27.4 Å². The molecule has 0 atom stereocenters. The first-order valence-corrected chi connectivity index (χ1v) is 6.29. The van der Waals surface area contributed by atoms with Crippen LogP contribution in [-0.4, -0.2) is 24.4 Å². The monoisotopic (exact) mass is 331 g/mol. The number of pyridine rings is 1. The molecule has 1 heterocycles. The highest BCUT2D eigenvalue weighted by Crippen LogP contribution is 2.28. The largest absolute Gasteiger partial charge is 0.573 e. The number of aromatic nitrogens is 1. The molecule has 116 valence electrons. The van der Waals surface area contributed by atoms with E-state index in [1.807, 2.05) is 0 Å². The van der Waals surface area contributed by atoms with Gasteiger partial charge in [0.1, 0.15) is 10.9 Å². The van der Waals surface area contributed by atoms with Crippen LogP contribution < -0.4 is 4.74 Å². The van der Waals surface area contributed by atoms with Crippen LogP contribution in [0.4, 0.5) is 13.2 Å². The second-order valence-corrected chi connectivity index (χ2v) is 4.48. The molecule has 1 aromatic carbocycles. The molecule has 0 unspecified atom stereocenters. The molecule has 0 aliphatic carbocycles. The maximum absolute atomic E-state index is 12.1. The van der Waals surface area contributed by atoms with Gasteiger partial charge in [-0.3, -0.25) is 0 Å². The molecular formula is C14H9ClF3NO3. The molecule has 0 radical (unpaired) electrons. The van der Waals surface area contributed by atoms with Crippen molar-refractivity contribution in [2.75, 3.05) is 7.11 Å². The Labute approximate surface area is 128 Å². The molecule has 0 aliphatic heterocycles. The lowest BCUT2D eigenvalue weighted by atomic mass is 10.1. The second kappa shape index (κ2) is 6.23. The van der Waals surface area contributed by atoms with Crippen LogP contribution in [0, 0.1) is 0 Å². The Morgan fingerprint density at radius 2 is 1.77 bits per heavy atom. The summed E-state index contributed by atoms with van der Waals surface area (Å²) in [6.45, 7) is 0. The van der Waals surface area contributed by atoms with E-state index in [0.29, 0.717) is 5.56 Å². The van der Waals surface area contributed by atoms with Crippen LogP contribution in [-0.2, 0) is 4.74 Å². The molecule has 0 saturated carbocycles. The van der Waals surface area contributed by atoms with E-state index >= 15 is 0 Å². The number of benzene rings is 1. The highest BCUT2D eigenvalue weighted by molar-refractivity contribution is 6.29. The first-order chi connectivity index (χ1) is 10.3. The molecule has 0 saturated heterocycles. The lowest BCUT2D eigenvalue weighted by molar-refractivity contribution is -0.274. The molecule has 1 aromatic heterocycles. The van der Waals surface area contributed by atoms with Gasteiger partial charge in [-0.05, 0) is 36.4 Å². The third kappa shape index (κ3) is 3.88. The van der Waals surface area contributed by atoms with Crippen LogP contribution in [0.2, 0.25) is 5.15 Å². The van der Waals surface area contributed by atoms with Gasteiger partial charge in [0.15, 0.2) is 0 Å². The normalized spacial score (nSPS) is 11.1. The first-order valence-electron chi connectivity index (χ1n) is 5.91. The van der Waals surface area contributed by atoms with Crippen molar-refractivity contribution in [2.24, 2.45) is 0 Å². The fourth-order valence-corrected chi connectivity index (χ4v) is 1.89. The second-order valence-electron chi connectivity index (χ2n) is 4.09.